The second-order valence-electron chi connectivity index (χ2n) is 13.2. The molecule has 8 heteroatoms. The van der Waals surface area contributed by atoms with Gasteiger partial charge in [-0.15, -0.1) is 0 Å². The Morgan fingerprint density at radius 1 is 1.15 bits per heavy atom. The molecule has 1 aromatic rings. The Balaban J connectivity index is 1.65. The number of hydrogen-bond donors (Lipinski definition) is 1. The minimum Gasteiger partial charge on any atom is -0.497 e. The van der Waals surface area contributed by atoms with Gasteiger partial charge in [0, 0.05) is 13.0 Å². The summed E-state index contributed by atoms with van der Waals surface area (Å²) in [6.45, 7) is 15.5. The van der Waals surface area contributed by atoms with Crippen LogP contribution in [0.5, 0.6) is 5.75 Å². The summed E-state index contributed by atoms with van der Waals surface area (Å²) in [6.07, 6.45) is 3.44. The number of benzene rings is 1. The second kappa shape index (κ2) is 14.4. The van der Waals surface area contributed by atoms with Crippen molar-refractivity contribution in [3.63, 3.8) is 0 Å². The van der Waals surface area contributed by atoms with Gasteiger partial charge in [-0.05, 0) is 95.4 Å². The highest BCUT2D eigenvalue weighted by Crippen LogP contribution is 2.43. The summed E-state index contributed by atoms with van der Waals surface area (Å²) in [6, 6.07) is 7.88. The highest BCUT2D eigenvalue weighted by Gasteiger charge is 2.50. The smallest absolute Gasteiger partial charge is 0.311 e. The van der Waals surface area contributed by atoms with E-state index in [2.05, 4.69) is 13.8 Å². The van der Waals surface area contributed by atoms with Crippen molar-refractivity contribution in [3.05, 3.63) is 41.2 Å². The van der Waals surface area contributed by atoms with E-state index in [1.54, 1.807) is 7.11 Å². The van der Waals surface area contributed by atoms with Crippen LogP contribution >= 0.6 is 0 Å². The van der Waals surface area contributed by atoms with E-state index in [1.807, 2.05) is 58.9 Å². The first-order valence-electron chi connectivity index (χ1n) is 15.0. The Hall–Kier alpha value is -2.13. The van der Waals surface area contributed by atoms with Crippen LogP contribution in [0.25, 0.3) is 0 Å². The van der Waals surface area contributed by atoms with Crippen molar-refractivity contribution in [1.82, 2.24) is 0 Å². The monoisotopic (exact) mass is 576 g/mol. The van der Waals surface area contributed by atoms with E-state index in [9.17, 15) is 9.90 Å². The quantitative estimate of drug-likeness (QED) is 0.207. The zero-order valence-electron chi connectivity index (χ0n) is 26.4. The summed E-state index contributed by atoms with van der Waals surface area (Å²) in [7, 11) is 1.66. The van der Waals surface area contributed by atoms with Crippen LogP contribution in [0, 0.1) is 17.3 Å². The molecule has 0 aliphatic carbocycles. The molecule has 0 spiro atoms. The number of hydrogen-bond acceptors (Lipinski definition) is 8. The first-order chi connectivity index (χ1) is 19.3. The molecule has 1 N–H and O–H groups in total. The number of esters is 1. The lowest BCUT2D eigenvalue weighted by Crippen LogP contribution is -2.51. The molecule has 0 saturated carbocycles. The molecular formula is C33H52O8. The van der Waals surface area contributed by atoms with Crippen LogP contribution in [0.15, 0.2) is 35.6 Å². The van der Waals surface area contributed by atoms with E-state index < -0.39 is 16.8 Å². The Labute approximate surface area is 246 Å². The average molecular weight is 577 g/mol. The van der Waals surface area contributed by atoms with Gasteiger partial charge in [0.2, 0.25) is 0 Å². The Bertz CT molecular complexity index is 1010. The number of carbonyl (C=O) groups is 1. The van der Waals surface area contributed by atoms with Gasteiger partial charge >= 0.3 is 5.97 Å². The fourth-order valence-corrected chi connectivity index (χ4v) is 5.12. The molecule has 0 bridgehead atoms. The third-order valence-corrected chi connectivity index (χ3v) is 8.18. The Morgan fingerprint density at radius 2 is 1.85 bits per heavy atom. The van der Waals surface area contributed by atoms with Crippen LogP contribution in [-0.4, -0.2) is 62.1 Å². The van der Waals surface area contributed by atoms with Crippen molar-refractivity contribution in [2.75, 3.05) is 33.5 Å². The number of rotatable bonds is 14. The standard InChI is InChI=1S/C33H52O8/c1-23(24(2)19-38-30(35)31(3,4)5)18-26-15-16-33(22-34,29-21-39-32(6,7)41-29)40-28(26)10-9-17-37-20-25-11-13-27(36-8)14-12-25/h11-14,23-24,29,34H,9-10,15-22H2,1-8H3/t23-,24-,29-,33+/m0/s1. The third kappa shape index (κ3) is 9.43. The highest BCUT2D eigenvalue weighted by atomic mass is 16.8. The number of carbonyl (C=O) groups excluding carboxylic acids is 1. The summed E-state index contributed by atoms with van der Waals surface area (Å²) in [5.74, 6) is 1.34. The maximum Gasteiger partial charge on any atom is 0.311 e. The largest absolute Gasteiger partial charge is 0.497 e. The average Bonchev–Trinajstić information content (AvgIpc) is 3.31. The lowest BCUT2D eigenvalue weighted by Gasteiger charge is -2.42. The maximum atomic E-state index is 12.3. The van der Waals surface area contributed by atoms with Crippen molar-refractivity contribution < 1.29 is 38.3 Å². The van der Waals surface area contributed by atoms with Crippen LogP contribution < -0.4 is 4.74 Å². The van der Waals surface area contributed by atoms with Crippen molar-refractivity contribution in [2.45, 2.75) is 105 Å². The molecule has 0 radical (unpaired) electrons. The lowest BCUT2D eigenvalue weighted by molar-refractivity contribution is -0.189. The summed E-state index contributed by atoms with van der Waals surface area (Å²) in [5.41, 5.74) is 0.992. The van der Waals surface area contributed by atoms with Crippen LogP contribution in [0.3, 0.4) is 0 Å². The molecule has 1 fully saturated rings. The van der Waals surface area contributed by atoms with Crippen molar-refractivity contribution in [2.24, 2.45) is 17.3 Å². The van der Waals surface area contributed by atoms with Crippen LogP contribution in [-0.2, 0) is 35.1 Å². The van der Waals surface area contributed by atoms with Gasteiger partial charge < -0.3 is 33.5 Å². The first-order valence-corrected chi connectivity index (χ1v) is 15.0. The van der Waals surface area contributed by atoms with Gasteiger partial charge in [-0.3, -0.25) is 4.79 Å². The van der Waals surface area contributed by atoms with Gasteiger partial charge in [-0.25, -0.2) is 0 Å². The van der Waals surface area contributed by atoms with Gasteiger partial charge in [0.15, 0.2) is 11.4 Å². The van der Waals surface area contributed by atoms with E-state index in [0.717, 1.165) is 36.3 Å². The predicted octanol–water partition coefficient (Wildman–Crippen LogP) is 6.19. The number of methoxy groups -OCH3 is 1. The molecule has 1 saturated heterocycles. The molecule has 41 heavy (non-hydrogen) atoms. The highest BCUT2D eigenvalue weighted by molar-refractivity contribution is 5.75. The molecule has 1 aromatic carbocycles. The molecule has 0 amide bonds. The summed E-state index contributed by atoms with van der Waals surface area (Å²) in [4.78, 5) is 12.3. The second-order valence-corrected chi connectivity index (χ2v) is 13.2. The van der Waals surface area contributed by atoms with E-state index in [0.29, 0.717) is 39.3 Å². The van der Waals surface area contributed by atoms with E-state index in [4.69, 9.17) is 28.4 Å². The minimum absolute atomic E-state index is 0.142. The van der Waals surface area contributed by atoms with Gasteiger partial charge in [0.1, 0.15) is 11.9 Å². The van der Waals surface area contributed by atoms with Crippen LogP contribution in [0.4, 0.5) is 0 Å². The Kier molecular flexibility index (Phi) is 11.7. The fraction of sp³-hybridized carbons (Fsp3) is 0.727. The summed E-state index contributed by atoms with van der Waals surface area (Å²) < 4.78 is 35.5. The molecule has 2 aliphatic rings. The molecule has 4 atom stereocenters. The molecule has 232 valence electrons. The van der Waals surface area contributed by atoms with Gasteiger partial charge in [-0.1, -0.05) is 26.0 Å². The van der Waals surface area contributed by atoms with Crippen molar-refractivity contribution >= 4 is 5.97 Å². The maximum absolute atomic E-state index is 12.3. The van der Waals surface area contributed by atoms with Crippen molar-refractivity contribution in [1.29, 1.82) is 0 Å². The first kappa shape index (κ1) is 33.4. The number of allylic oxidation sites excluding steroid dienone is 2. The Morgan fingerprint density at radius 3 is 2.44 bits per heavy atom. The van der Waals surface area contributed by atoms with Crippen LogP contribution in [0.1, 0.15) is 86.1 Å². The van der Waals surface area contributed by atoms with Gasteiger partial charge in [-0.2, -0.15) is 0 Å². The van der Waals surface area contributed by atoms with Crippen molar-refractivity contribution in [3.8, 4) is 5.75 Å². The molecule has 2 aliphatic heterocycles. The summed E-state index contributed by atoms with van der Waals surface area (Å²) >= 11 is 0. The number of aliphatic hydroxyl groups is 1. The molecular weight excluding hydrogens is 524 g/mol. The van der Waals surface area contributed by atoms with E-state index >= 15 is 0 Å². The predicted molar refractivity (Wildman–Crippen MR) is 157 cm³/mol. The van der Waals surface area contributed by atoms with Gasteiger partial charge in [0.05, 0.1) is 44.7 Å². The summed E-state index contributed by atoms with van der Waals surface area (Å²) in [5, 5.41) is 10.5. The number of aliphatic hydroxyl groups excluding tert-OH is 1. The molecule has 8 nitrogen and oxygen atoms in total. The molecule has 3 rings (SSSR count). The zero-order chi connectivity index (χ0) is 30.3. The zero-order valence-corrected chi connectivity index (χ0v) is 26.4. The van der Waals surface area contributed by atoms with E-state index in [-0.39, 0.29) is 30.5 Å². The number of ether oxygens (including phenoxy) is 6. The van der Waals surface area contributed by atoms with Crippen LogP contribution in [0.2, 0.25) is 0 Å². The van der Waals surface area contributed by atoms with Gasteiger partial charge in [0.25, 0.3) is 0 Å². The third-order valence-electron chi connectivity index (χ3n) is 8.18. The normalized spacial score (nSPS) is 24.1. The molecule has 0 aromatic heterocycles. The molecule has 2 heterocycles. The SMILES string of the molecule is COc1ccc(COCCCC2=C(C[C@H](C)[C@@H](C)COC(=O)C(C)(C)C)CC[C@@](CO)([C@@H]3COC(C)(C)O3)O2)cc1. The minimum atomic E-state index is -0.840. The lowest BCUT2D eigenvalue weighted by atomic mass is 9.81. The van der Waals surface area contributed by atoms with E-state index in [1.165, 1.54) is 5.57 Å². The molecule has 0 unspecified atom stereocenters. The topological polar surface area (TPSA) is 92.7 Å². The fourth-order valence-electron chi connectivity index (χ4n) is 5.12.